The van der Waals surface area contributed by atoms with Gasteiger partial charge in [-0.1, -0.05) is 29.8 Å². The molecule has 1 heterocycles. The molecule has 0 aliphatic carbocycles. The summed E-state index contributed by atoms with van der Waals surface area (Å²) in [4.78, 5) is 25.2. The number of hydrogen-bond acceptors (Lipinski definition) is 3. The van der Waals surface area contributed by atoms with Crippen molar-refractivity contribution in [2.45, 2.75) is 33.4 Å². The number of rotatable bonds is 7. The molecule has 0 saturated heterocycles. The Kier molecular flexibility index (Phi) is 5.97. The Morgan fingerprint density at radius 3 is 2.70 bits per heavy atom. The first-order valence-corrected chi connectivity index (χ1v) is 7.65. The highest BCUT2D eigenvalue weighted by molar-refractivity contribution is 5.78. The van der Waals surface area contributed by atoms with Crippen molar-refractivity contribution in [1.29, 1.82) is 0 Å². The maximum atomic E-state index is 12.0. The normalized spacial score (nSPS) is 10.3. The summed E-state index contributed by atoms with van der Waals surface area (Å²) in [5, 5.41) is 2.88. The van der Waals surface area contributed by atoms with Gasteiger partial charge >= 0.3 is 0 Å². The van der Waals surface area contributed by atoms with Crippen molar-refractivity contribution in [2.75, 3.05) is 6.54 Å². The number of carbonyl (C=O) groups excluding carboxylic acids is 2. The summed E-state index contributed by atoms with van der Waals surface area (Å²) in [5.41, 5.74) is 2.23. The summed E-state index contributed by atoms with van der Waals surface area (Å²) >= 11 is 0. The second kappa shape index (κ2) is 8.17. The lowest BCUT2D eigenvalue weighted by Gasteiger charge is -2.19. The van der Waals surface area contributed by atoms with E-state index < -0.39 is 0 Å². The fraction of sp³-hybridized carbons (Fsp3) is 0.333. The van der Waals surface area contributed by atoms with Gasteiger partial charge in [0, 0.05) is 26.4 Å². The van der Waals surface area contributed by atoms with Gasteiger partial charge in [-0.15, -0.1) is 0 Å². The van der Waals surface area contributed by atoms with Gasteiger partial charge in [0.2, 0.25) is 11.8 Å². The molecule has 2 aromatic rings. The molecule has 0 saturated carbocycles. The maximum Gasteiger partial charge on any atom is 0.222 e. The lowest BCUT2D eigenvalue weighted by molar-refractivity contribution is -0.130. The molecule has 2 rings (SSSR count). The number of nitrogens with one attached hydrogen (secondary N) is 1. The summed E-state index contributed by atoms with van der Waals surface area (Å²) in [7, 11) is 0. The minimum absolute atomic E-state index is 0.0720. The number of benzene rings is 1. The van der Waals surface area contributed by atoms with E-state index in [0.717, 1.165) is 11.1 Å². The number of furan rings is 1. The van der Waals surface area contributed by atoms with Gasteiger partial charge in [-0.2, -0.15) is 0 Å². The van der Waals surface area contributed by atoms with Crippen LogP contribution in [0.25, 0.3) is 0 Å². The smallest absolute Gasteiger partial charge is 0.222 e. The Morgan fingerprint density at radius 1 is 1.22 bits per heavy atom. The fourth-order valence-electron chi connectivity index (χ4n) is 2.29. The van der Waals surface area contributed by atoms with E-state index >= 15 is 0 Å². The average molecular weight is 314 g/mol. The van der Waals surface area contributed by atoms with Crippen LogP contribution in [0.15, 0.2) is 47.1 Å². The largest absolute Gasteiger partial charge is 0.467 e. The molecule has 1 aromatic heterocycles. The van der Waals surface area contributed by atoms with Crippen LogP contribution in [0.2, 0.25) is 0 Å². The zero-order valence-corrected chi connectivity index (χ0v) is 13.5. The lowest BCUT2D eigenvalue weighted by atomic mass is 10.1. The van der Waals surface area contributed by atoms with E-state index in [1.54, 1.807) is 17.2 Å². The van der Waals surface area contributed by atoms with Crippen LogP contribution >= 0.6 is 0 Å². The minimum atomic E-state index is -0.0760. The van der Waals surface area contributed by atoms with Crippen LogP contribution in [0.4, 0.5) is 0 Å². The van der Waals surface area contributed by atoms with E-state index in [0.29, 0.717) is 25.4 Å². The summed E-state index contributed by atoms with van der Waals surface area (Å²) in [5.74, 6) is 0.561. The maximum absolute atomic E-state index is 12.0. The monoisotopic (exact) mass is 314 g/mol. The number of hydrogen-bond donors (Lipinski definition) is 1. The first-order chi connectivity index (χ1) is 11.0. The van der Waals surface area contributed by atoms with E-state index in [9.17, 15) is 9.59 Å². The van der Waals surface area contributed by atoms with Crippen LogP contribution in [-0.4, -0.2) is 23.3 Å². The van der Waals surface area contributed by atoms with Gasteiger partial charge in [-0.05, 0) is 24.6 Å². The zero-order chi connectivity index (χ0) is 16.7. The van der Waals surface area contributed by atoms with E-state index in [2.05, 4.69) is 5.32 Å². The SMILES string of the molecule is CC(=O)N(CCC(=O)NCc1cccc(C)c1)Cc1ccco1. The first-order valence-electron chi connectivity index (χ1n) is 7.65. The summed E-state index contributed by atoms with van der Waals surface area (Å²) in [6.45, 7) is 4.76. The molecule has 0 unspecified atom stereocenters. The average Bonchev–Trinajstić information content (AvgIpc) is 3.02. The third-order valence-electron chi connectivity index (χ3n) is 3.55. The van der Waals surface area contributed by atoms with E-state index in [4.69, 9.17) is 4.42 Å². The molecule has 0 spiro atoms. The topological polar surface area (TPSA) is 62.6 Å². The number of nitrogens with zero attached hydrogens (tertiary/aromatic N) is 1. The number of carbonyl (C=O) groups is 2. The van der Waals surface area contributed by atoms with Crippen molar-refractivity contribution in [1.82, 2.24) is 10.2 Å². The highest BCUT2D eigenvalue weighted by Crippen LogP contribution is 2.07. The molecular formula is C18H22N2O3. The van der Waals surface area contributed by atoms with Gasteiger partial charge in [0.05, 0.1) is 12.8 Å². The van der Waals surface area contributed by atoms with Crippen LogP contribution < -0.4 is 5.32 Å². The summed E-state index contributed by atoms with van der Waals surface area (Å²) in [6.07, 6.45) is 1.84. The van der Waals surface area contributed by atoms with Gasteiger partial charge in [-0.25, -0.2) is 0 Å². The molecule has 0 bridgehead atoms. The predicted octanol–water partition coefficient (Wildman–Crippen LogP) is 2.64. The summed E-state index contributed by atoms with van der Waals surface area (Å²) < 4.78 is 5.24. The molecule has 0 atom stereocenters. The fourth-order valence-corrected chi connectivity index (χ4v) is 2.29. The van der Waals surface area contributed by atoms with Crippen LogP contribution in [0.5, 0.6) is 0 Å². The number of amides is 2. The van der Waals surface area contributed by atoms with Crippen molar-refractivity contribution in [2.24, 2.45) is 0 Å². The molecule has 0 fully saturated rings. The highest BCUT2D eigenvalue weighted by atomic mass is 16.3. The minimum Gasteiger partial charge on any atom is -0.467 e. The molecular weight excluding hydrogens is 292 g/mol. The molecule has 0 aliphatic rings. The van der Waals surface area contributed by atoms with E-state index in [1.807, 2.05) is 37.3 Å². The third-order valence-corrected chi connectivity index (χ3v) is 3.55. The van der Waals surface area contributed by atoms with Crippen molar-refractivity contribution in [3.63, 3.8) is 0 Å². The molecule has 2 amide bonds. The second-order valence-electron chi connectivity index (χ2n) is 5.54. The van der Waals surface area contributed by atoms with E-state index in [1.165, 1.54) is 6.92 Å². The second-order valence-corrected chi connectivity index (χ2v) is 5.54. The first kappa shape index (κ1) is 16.8. The number of aryl methyl sites for hydroxylation is 1. The Morgan fingerprint density at radius 2 is 2.04 bits per heavy atom. The molecule has 23 heavy (non-hydrogen) atoms. The van der Waals surface area contributed by atoms with Gasteiger partial charge in [0.25, 0.3) is 0 Å². The van der Waals surface area contributed by atoms with Gasteiger partial charge in [-0.3, -0.25) is 9.59 Å². The van der Waals surface area contributed by atoms with Gasteiger partial charge in [0.1, 0.15) is 5.76 Å². The molecule has 1 N–H and O–H groups in total. The quantitative estimate of drug-likeness (QED) is 0.854. The highest BCUT2D eigenvalue weighted by Gasteiger charge is 2.13. The van der Waals surface area contributed by atoms with Gasteiger partial charge < -0.3 is 14.6 Å². The summed E-state index contributed by atoms with van der Waals surface area (Å²) in [6, 6.07) is 11.6. The Balaban J connectivity index is 1.78. The Bertz CT molecular complexity index is 650. The third kappa shape index (κ3) is 5.62. The van der Waals surface area contributed by atoms with Crippen LogP contribution in [0.1, 0.15) is 30.2 Å². The van der Waals surface area contributed by atoms with Gasteiger partial charge in [0.15, 0.2) is 0 Å². The molecule has 1 aromatic carbocycles. The Hall–Kier alpha value is -2.56. The van der Waals surface area contributed by atoms with Crippen LogP contribution in [0.3, 0.4) is 0 Å². The van der Waals surface area contributed by atoms with E-state index in [-0.39, 0.29) is 18.2 Å². The standard InChI is InChI=1S/C18H22N2O3/c1-14-5-3-6-16(11-14)12-19-18(22)8-9-20(15(2)21)13-17-7-4-10-23-17/h3-7,10-11H,8-9,12-13H2,1-2H3,(H,19,22). The molecule has 0 radical (unpaired) electrons. The molecule has 0 aliphatic heterocycles. The molecule has 5 nitrogen and oxygen atoms in total. The molecule has 122 valence electrons. The van der Waals surface area contributed by atoms with Crippen molar-refractivity contribution in [3.8, 4) is 0 Å². The van der Waals surface area contributed by atoms with Crippen molar-refractivity contribution >= 4 is 11.8 Å². The van der Waals surface area contributed by atoms with Crippen molar-refractivity contribution < 1.29 is 14.0 Å². The predicted molar refractivity (Wildman–Crippen MR) is 87.4 cm³/mol. The van der Waals surface area contributed by atoms with Crippen LogP contribution in [-0.2, 0) is 22.7 Å². The van der Waals surface area contributed by atoms with Crippen LogP contribution in [0, 0.1) is 6.92 Å². The zero-order valence-electron chi connectivity index (χ0n) is 13.5. The molecule has 5 heteroatoms. The Labute approximate surface area is 136 Å². The lowest BCUT2D eigenvalue weighted by Crippen LogP contribution is -2.33. The van der Waals surface area contributed by atoms with Crippen molar-refractivity contribution in [3.05, 3.63) is 59.5 Å².